The van der Waals surface area contributed by atoms with E-state index >= 15 is 0 Å². The van der Waals surface area contributed by atoms with E-state index in [0.29, 0.717) is 12.3 Å². The number of carbonyl (C=O) groups excluding carboxylic acids is 2. The minimum absolute atomic E-state index is 0.0489. The first-order chi connectivity index (χ1) is 18.6. The number of nitrogens with one attached hydrogen (secondary N) is 1. The Kier molecular flexibility index (Phi) is 10.1. The minimum atomic E-state index is -4.18. The summed E-state index contributed by atoms with van der Waals surface area (Å²) in [6.45, 7) is 7.40. The molecule has 1 N–H and O–H groups in total. The van der Waals surface area contributed by atoms with E-state index in [4.69, 9.17) is 4.74 Å². The van der Waals surface area contributed by atoms with Crippen molar-refractivity contribution in [3.05, 3.63) is 89.5 Å². The van der Waals surface area contributed by atoms with Crippen LogP contribution in [-0.4, -0.2) is 51.4 Å². The molecule has 1 atom stereocenters. The first kappa shape index (κ1) is 29.7. The molecule has 2 amide bonds. The van der Waals surface area contributed by atoms with Gasteiger partial charge in [0.05, 0.1) is 17.7 Å². The third-order valence-corrected chi connectivity index (χ3v) is 8.18. The van der Waals surface area contributed by atoms with Gasteiger partial charge in [-0.1, -0.05) is 61.0 Å². The highest BCUT2D eigenvalue weighted by Crippen LogP contribution is 2.33. The predicted octanol–water partition coefficient (Wildman–Crippen LogP) is 4.45. The zero-order valence-corrected chi connectivity index (χ0v) is 24.0. The van der Waals surface area contributed by atoms with Crippen molar-refractivity contribution in [3.8, 4) is 5.75 Å². The molecule has 3 rings (SSSR count). The van der Waals surface area contributed by atoms with Crippen molar-refractivity contribution in [3.63, 3.8) is 0 Å². The number of hydrogen-bond acceptors (Lipinski definition) is 5. The monoisotopic (exact) mass is 551 g/mol. The molecule has 1 unspecified atom stereocenters. The van der Waals surface area contributed by atoms with Crippen molar-refractivity contribution in [2.75, 3.05) is 24.5 Å². The van der Waals surface area contributed by atoms with Crippen LogP contribution in [0.4, 0.5) is 5.69 Å². The smallest absolute Gasteiger partial charge is 0.264 e. The van der Waals surface area contributed by atoms with Crippen LogP contribution in [0.5, 0.6) is 5.75 Å². The number of ether oxygens (including phenoxy) is 1. The highest BCUT2D eigenvalue weighted by Gasteiger charge is 2.33. The fraction of sp³-hybridized carbons (Fsp3) is 0.333. The Morgan fingerprint density at radius 3 is 2.21 bits per heavy atom. The Bertz CT molecular complexity index is 1380. The standard InChI is InChI=1S/C30H37N3O5S/c1-6-18-31-30(35)24(4)32(20-25-10-8-7-9-11-25)29(34)21-33(27-19-23(3)14-17-28(27)38-5)39(36,37)26-15-12-22(2)13-16-26/h7-17,19,24H,6,18,20-21H2,1-5H3,(H,31,35). The molecule has 0 heterocycles. The fourth-order valence-electron chi connectivity index (χ4n) is 4.10. The molecule has 39 heavy (non-hydrogen) atoms. The summed E-state index contributed by atoms with van der Waals surface area (Å²) in [5.74, 6) is -0.508. The molecule has 0 saturated carbocycles. The molecule has 0 spiro atoms. The van der Waals surface area contributed by atoms with Crippen molar-refractivity contribution in [1.82, 2.24) is 10.2 Å². The Morgan fingerprint density at radius 1 is 0.949 bits per heavy atom. The van der Waals surface area contributed by atoms with Crippen LogP contribution < -0.4 is 14.4 Å². The molecule has 3 aromatic carbocycles. The second-order valence-electron chi connectivity index (χ2n) is 9.47. The molecule has 0 bridgehead atoms. The van der Waals surface area contributed by atoms with Gasteiger partial charge in [0.25, 0.3) is 10.0 Å². The molecule has 0 aromatic heterocycles. The van der Waals surface area contributed by atoms with Gasteiger partial charge in [0.2, 0.25) is 11.8 Å². The van der Waals surface area contributed by atoms with Gasteiger partial charge in [-0.05, 0) is 62.6 Å². The van der Waals surface area contributed by atoms with E-state index in [-0.39, 0.29) is 23.0 Å². The summed E-state index contributed by atoms with van der Waals surface area (Å²) >= 11 is 0. The maximum atomic E-state index is 14.0. The highest BCUT2D eigenvalue weighted by molar-refractivity contribution is 7.92. The van der Waals surface area contributed by atoms with Gasteiger partial charge >= 0.3 is 0 Å². The Labute approximate surface area is 231 Å². The average molecular weight is 552 g/mol. The number of methoxy groups -OCH3 is 1. The molecule has 8 nitrogen and oxygen atoms in total. The van der Waals surface area contributed by atoms with Gasteiger partial charge < -0.3 is 15.0 Å². The van der Waals surface area contributed by atoms with Gasteiger partial charge in [-0.25, -0.2) is 8.42 Å². The molecule has 208 valence electrons. The lowest BCUT2D eigenvalue weighted by atomic mass is 10.1. The topological polar surface area (TPSA) is 96.0 Å². The van der Waals surface area contributed by atoms with Crippen LogP contribution in [0.2, 0.25) is 0 Å². The number of benzene rings is 3. The number of amides is 2. The summed E-state index contributed by atoms with van der Waals surface area (Å²) in [7, 11) is -2.72. The number of nitrogens with zero attached hydrogens (tertiary/aromatic N) is 2. The van der Waals surface area contributed by atoms with E-state index in [0.717, 1.165) is 27.4 Å². The first-order valence-corrected chi connectivity index (χ1v) is 14.4. The van der Waals surface area contributed by atoms with Crippen LogP contribution in [-0.2, 0) is 26.2 Å². The van der Waals surface area contributed by atoms with Crippen molar-refractivity contribution in [2.24, 2.45) is 0 Å². The summed E-state index contributed by atoms with van der Waals surface area (Å²) in [4.78, 5) is 28.4. The second-order valence-corrected chi connectivity index (χ2v) is 11.3. The molecule has 0 aliphatic rings. The average Bonchev–Trinajstić information content (AvgIpc) is 2.93. The number of rotatable bonds is 12. The van der Waals surface area contributed by atoms with E-state index in [1.54, 1.807) is 31.2 Å². The highest BCUT2D eigenvalue weighted by atomic mass is 32.2. The minimum Gasteiger partial charge on any atom is -0.495 e. The van der Waals surface area contributed by atoms with Gasteiger partial charge in [-0.15, -0.1) is 0 Å². The number of sulfonamides is 1. The number of hydrogen-bond donors (Lipinski definition) is 1. The number of aryl methyl sites for hydroxylation is 2. The summed E-state index contributed by atoms with van der Waals surface area (Å²) in [6.07, 6.45) is 0.751. The van der Waals surface area contributed by atoms with Crippen molar-refractivity contribution >= 4 is 27.5 Å². The van der Waals surface area contributed by atoms with Gasteiger partial charge in [0.1, 0.15) is 18.3 Å². The zero-order chi connectivity index (χ0) is 28.6. The molecule has 3 aromatic rings. The molecule has 0 fully saturated rings. The lowest BCUT2D eigenvalue weighted by Crippen LogP contribution is -2.51. The van der Waals surface area contributed by atoms with E-state index in [1.165, 1.54) is 24.1 Å². The van der Waals surface area contributed by atoms with Crippen LogP contribution in [0.25, 0.3) is 0 Å². The van der Waals surface area contributed by atoms with Crippen LogP contribution in [0.3, 0.4) is 0 Å². The first-order valence-electron chi connectivity index (χ1n) is 12.9. The largest absolute Gasteiger partial charge is 0.495 e. The molecule has 0 aliphatic carbocycles. The molecule has 9 heteroatoms. The summed E-state index contributed by atoms with van der Waals surface area (Å²) < 4.78 is 34.6. The third kappa shape index (κ3) is 7.38. The van der Waals surface area contributed by atoms with E-state index in [9.17, 15) is 18.0 Å². The lowest BCUT2D eigenvalue weighted by molar-refractivity contribution is -0.139. The zero-order valence-electron chi connectivity index (χ0n) is 23.2. The van der Waals surface area contributed by atoms with Gasteiger partial charge in [-0.2, -0.15) is 0 Å². The van der Waals surface area contributed by atoms with E-state index in [1.807, 2.05) is 57.2 Å². The summed E-state index contributed by atoms with van der Waals surface area (Å²) in [5.41, 5.74) is 2.78. The number of carbonyl (C=O) groups is 2. The Hall–Kier alpha value is -3.85. The maximum Gasteiger partial charge on any atom is 0.264 e. The van der Waals surface area contributed by atoms with Crippen LogP contribution in [0.1, 0.15) is 37.0 Å². The maximum absolute atomic E-state index is 14.0. The van der Waals surface area contributed by atoms with Crippen molar-refractivity contribution in [2.45, 2.75) is 51.6 Å². The van der Waals surface area contributed by atoms with E-state index in [2.05, 4.69) is 5.32 Å². The Balaban J connectivity index is 2.08. The van der Waals surface area contributed by atoms with Gasteiger partial charge in [0.15, 0.2) is 0 Å². The normalized spacial score (nSPS) is 11.9. The van der Waals surface area contributed by atoms with Crippen LogP contribution in [0, 0.1) is 13.8 Å². The Morgan fingerprint density at radius 2 is 1.59 bits per heavy atom. The van der Waals surface area contributed by atoms with Crippen LogP contribution >= 0.6 is 0 Å². The van der Waals surface area contributed by atoms with Gasteiger partial charge in [-0.3, -0.25) is 13.9 Å². The fourth-order valence-corrected chi connectivity index (χ4v) is 5.52. The molecular formula is C30H37N3O5S. The molecule has 0 radical (unpaired) electrons. The van der Waals surface area contributed by atoms with Gasteiger partial charge in [0, 0.05) is 13.1 Å². The SMILES string of the molecule is CCCNC(=O)C(C)N(Cc1ccccc1)C(=O)CN(c1cc(C)ccc1OC)S(=O)(=O)c1ccc(C)cc1. The summed E-state index contributed by atoms with van der Waals surface area (Å²) in [6, 6.07) is 20.1. The van der Waals surface area contributed by atoms with Crippen molar-refractivity contribution in [1.29, 1.82) is 0 Å². The molecule has 0 aliphatic heterocycles. The van der Waals surface area contributed by atoms with Crippen LogP contribution in [0.15, 0.2) is 77.7 Å². The quantitative estimate of drug-likeness (QED) is 0.359. The molecular weight excluding hydrogens is 514 g/mol. The third-order valence-electron chi connectivity index (χ3n) is 6.40. The summed E-state index contributed by atoms with van der Waals surface area (Å²) in [5, 5.41) is 2.84. The lowest BCUT2D eigenvalue weighted by Gasteiger charge is -2.32. The second kappa shape index (κ2) is 13.3. The van der Waals surface area contributed by atoms with E-state index < -0.39 is 28.5 Å². The number of anilines is 1. The van der Waals surface area contributed by atoms with Crippen molar-refractivity contribution < 1.29 is 22.7 Å². The molecule has 0 saturated heterocycles. The predicted molar refractivity (Wildman–Crippen MR) is 153 cm³/mol.